The van der Waals surface area contributed by atoms with Gasteiger partial charge in [-0.3, -0.25) is 4.90 Å². The van der Waals surface area contributed by atoms with Gasteiger partial charge in [-0.05, 0) is 5.53 Å². The molecule has 1 aliphatic heterocycles. The van der Waals surface area contributed by atoms with Gasteiger partial charge in [0.05, 0.1) is 39.6 Å². The fraction of sp³-hybridized carbons (Fsp3) is 0.923. The van der Waals surface area contributed by atoms with Crippen LogP contribution in [0.3, 0.4) is 0 Å². The number of hydrogen-bond acceptors (Lipinski definition) is 6. The molecule has 1 N–H and O–H groups in total. The lowest BCUT2D eigenvalue weighted by molar-refractivity contribution is 0.00939. The number of nitrogens with zero attached hydrogens (tertiary/aromatic N) is 5. The van der Waals surface area contributed by atoms with E-state index in [-0.39, 0.29) is 0 Å². The molecule has 0 unspecified atom stereocenters. The van der Waals surface area contributed by atoms with Crippen LogP contribution in [0, 0.1) is 0 Å². The lowest BCUT2D eigenvalue weighted by Crippen LogP contribution is -2.49. The van der Waals surface area contributed by atoms with Gasteiger partial charge in [0.2, 0.25) is 0 Å². The average molecular weight is 331 g/mol. The average Bonchev–Trinajstić information content (AvgIpc) is 2.56. The van der Waals surface area contributed by atoms with Gasteiger partial charge in [0.15, 0.2) is 0 Å². The molecule has 1 rings (SSSR count). The lowest BCUT2D eigenvalue weighted by Gasteiger charge is -2.32. The van der Waals surface area contributed by atoms with E-state index in [0.717, 1.165) is 19.6 Å². The van der Waals surface area contributed by atoms with E-state index in [1.165, 1.54) is 4.90 Å². The van der Waals surface area contributed by atoms with Crippen LogP contribution in [0.1, 0.15) is 0 Å². The van der Waals surface area contributed by atoms with Crippen molar-refractivity contribution in [3.05, 3.63) is 10.4 Å². The number of carbonyl (C=O) groups is 1. The number of azide groups is 1. The molecule has 0 saturated carbocycles. The Labute approximate surface area is 135 Å². The molecule has 0 aromatic heterocycles. The van der Waals surface area contributed by atoms with Gasteiger partial charge in [-0.2, -0.15) is 0 Å². The van der Waals surface area contributed by atoms with Gasteiger partial charge in [-0.25, -0.2) is 4.79 Å². The third-order valence-corrected chi connectivity index (χ3v) is 3.34. The molecule has 0 aliphatic carbocycles. The molecule has 10 nitrogen and oxygen atoms in total. The van der Waals surface area contributed by atoms with Crippen LogP contribution in [0.2, 0.25) is 0 Å². The summed E-state index contributed by atoms with van der Waals surface area (Å²) in [6.45, 7) is 6.73. The lowest BCUT2D eigenvalue weighted by atomic mass is 10.3. The van der Waals surface area contributed by atoms with E-state index < -0.39 is 6.09 Å². The fourth-order valence-corrected chi connectivity index (χ4v) is 2.05. The van der Waals surface area contributed by atoms with Crippen molar-refractivity contribution in [3.8, 4) is 0 Å². The van der Waals surface area contributed by atoms with Crippen molar-refractivity contribution < 1.29 is 24.1 Å². The highest BCUT2D eigenvalue weighted by Gasteiger charge is 2.19. The summed E-state index contributed by atoms with van der Waals surface area (Å²) in [4.78, 5) is 17.0. The second-order valence-electron chi connectivity index (χ2n) is 4.90. The van der Waals surface area contributed by atoms with Gasteiger partial charge in [0, 0.05) is 44.2 Å². The molecule has 1 amide bonds. The number of rotatable bonds is 12. The summed E-state index contributed by atoms with van der Waals surface area (Å²) in [5, 5.41) is 12.2. The molecule has 1 aliphatic rings. The highest BCUT2D eigenvalue weighted by atomic mass is 16.5. The smallest absolute Gasteiger partial charge is 0.407 e. The second kappa shape index (κ2) is 12.9. The molecule has 1 saturated heterocycles. The maximum atomic E-state index is 10.8. The minimum atomic E-state index is -0.847. The minimum Gasteiger partial charge on any atom is -0.465 e. The normalized spacial score (nSPS) is 15.4. The predicted octanol–water partition coefficient (Wildman–Crippen LogP) is 0.642. The summed E-state index contributed by atoms with van der Waals surface area (Å²) in [5.41, 5.74) is 8.06. The third-order valence-electron chi connectivity index (χ3n) is 3.34. The Bertz CT molecular complexity index is 370. The van der Waals surface area contributed by atoms with Crippen molar-refractivity contribution in [1.82, 2.24) is 9.80 Å². The first-order valence-corrected chi connectivity index (χ1v) is 7.68. The van der Waals surface area contributed by atoms with Crippen molar-refractivity contribution in [1.29, 1.82) is 0 Å². The summed E-state index contributed by atoms with van der Waals surface area (Å²) in [6, 6.07) is 0. The Morgan fingerprint density at radius 3 is 2.13 bits per heavy atom. The number of piperazine rings is 1. The summed E-state index contributed by atoms with van der Waals surface area (Å²) >= 11 is 0. The van der Waals surface area contributed by atoms with Crippen molar-refractivity contribution in [3.63, 3.8) is 0 Å². The highest BCUT2D eigenvalue weighted by Crippen LogP contribution is 2.01. The van der Waals surface area contributed by atoms with Crippen LogP contribution < -0.4 is 0 Å². The largest absolute Gasteiger partial charge is 0.465 e. The summed E-state index contributed by atoms with van der Waals surface area (Å²) < 4.78 is 16.0. The molecule has 10 heteroatoms. The SMILES string of the molecule is [N-]=[N+]=NCCOCCOCCOCCN1CCN(C(=O)O)CC1. The molecule has 1 fully saturated rings. The zero-order chi connectivity index (χ0) is 16.8. The zero-order valence-electron chi connectivity index (χ0n) is 13.3. The first-order chi connectivity index (χ1) is 11.2. The molecule has 0 atom stereocenters. The third kappa shape index (κ3) is 9.93. The fourth-order valence-electron chi connectivity index (χ4n) is 2.05. The zero-order valence-corrected chi connectivity index (χ0v) is 13.3. The molecule has 23 heavy (non-hydrogen) atoms. The van der Waals surface area contributed by atoms with E-state index >= 15 is 0 Å². The van der Waals surface area contributed by atoms with Crippen molar-refractivity contribution >= 4 is 6.09 Å². The van der Waals surface area contributed by atoms with Crippen LogP contribution in [-0.4, -0.2) is 99.9 Å². The van der Waals surface area contributed by atoms with Crippen molar-refractivity contribution in [2.75, 3.05) is 78.9 Å². The summed E-state index contributed by atoms with van der Waals surface area (Å²) in [5.74, 6) is 0. The Hall–Kier alpha value is -1.58. The maximum Gasteiger partial charge on any atom is 0.407 e. The Balaban J connectivity index is 1.82. The van der Waals surface area contributed by atoms with E-state index in [2.05, 4.69) is 14.9 Å². The summed E-state index contributed by atoms with van der Waals surface area (Å²) in [6.07, 6.45) is -0.847. The number of amides is 1. The van der Waals surface area contributed by atoms with Crippen LogP contribution in [0.5, 0.6) is 0 Å². The van der Waals surface area contributed by atoms with Gasteiger partial charge >= 0.3 is 6.09 Å². The molecule has 0 radical (unpaired) electrons. The molecule has 0 aromatic rings. The van der Waals surface area contributed by atoms with E-state index in [9.17, 15) is 4.79 Å². The van der Waals surface area contributed by atoms with Crippen LogP contribution in [0.15, 0.2) is 5.11 Å². The van der Waals surface area contributed by atoms with E-state index in [1.807, 2.05) is 0 Å². The van der Waals surface area contributed by atoms with Crippen LogP contribution in [-0.2, 0) is 14.2 Å². The van der Waals surface area contributed by atoms with Gasteiger partial charge in [-0.1, -0.05) is 5.11 Å². The maximum absolute atomic E-state index is 10.8. The first kappa shape index (κ1) is 19.5. The van der Waals surface area contributed by atoms with Gasteiger partial charge < -0.3 is 24.2 Å². The van der Waals surface area contributed by atoms with Crippen molar-refractivity contribution in [2.45, 2.75) is 0 Å². The van der Waals surface area contributed by atoms with Gasteiger partial charge in [0.25, 0.3) is 0 Å². The number of ether oxygens (including phenoxy) is 3. The predicted molar refractivity (Wildman–Crippen MR) is 82.5 cm³/mol. The quantitative estimate of drug-likeness (QED) is 0.242. The van der Waals surface area contributed by atoms with E-state index in [1.54, 1.807) is 0 Å². The first-order valence-electron chi connectivity index (χ1n) is 7.68. The molecule has 0 aromatic carbocycles. The minimum absolute atomic E-state index is 0.334. The molecule has 0 spiro atoms. The Morgan fingerprint density at radius 2 is 1.57 bits per heavy atom. The molecule has 132 valence electrons. The van der Waals surface area contributed by atoms with E-state index in [4.69, 9.17) is 24.8 Å². The molecular formula is C13H25N5O5. The van der Waals surface area contributed by atoms with Crippen LogP contribution >= 0.6 is 0 Å². The number of hydrogen-bond donors (Lipinski definition) is 1. The highest BCUT2D eigenvalue weighted by molar-refractivity contribution is 5.65. The Kier molecular flexibility index (Phi) is 10.9. The Morgan fingerprint density at radius 1 is 1.00 bits per heavy atom. The molecule has 1 heterocycles. The monoisotopic (exact) mass is 331 g/mol. The van der Waals surface area contributed by atoms with Crippen LogP contribution in [0.4, 0.5) is 4.79 Å². The van der Waals surface area contributed by atoms with Gasteiger partial charge in [-0.15, -0.1) is 0 Å². The summed E-state index contributed by atoms with van der Waals surface area (Å²) in [7, 11) is 0. The topological polar surface area (TPSA) is 120 Å². The standard InChI is InChI=1S/C13H25N5O5/c14-16-15-1-7-21-9-11-23-12-10-22-8-6-17-2-4-18(5-3-17)13(19)20/h1-12H2,(H,19,20). The molecular weight excluding hydrogens is 306 g/mol. The molecule has 0 bridgehead atoms. The van der Waals surface area contributed by atoms with Crippen LogP contribution in [0.25, 0.3) is 10.4 Å². The van der Waals surface area contributed by atoms with Gasteiger partial charge in [0.1, 0.15) is 0 Å². The van der Waals surface area contributed by atoms with E-state index in [0.29, 0.717) is 59.3 Å². The second-order valence-corrected chi connectivity index (χ2v) is 4.90. The number of carboxylic acid groups (broad SMARTS) is 1. The van der Waals surface area contributed by atoms with Crippen molar-refractivity contribution in [2.24, 2.45) is 5.11 Å².